The van der Waals surface area contributed by atoms with Gasteiger partial charge in [0.05, 0.1) is 10.5 Å². The second-order valence-electron chi connectivity index (χ2n) is 4.26. The van der Waals surface area contributed by atoms with Crippen LogP contribution in [0, 0.1) is 10.1 Å². The fraction of sp³-hybridized carbons (Fsp3) is 0.231. The van der Waals surface area contributed by atoms with Gasteiger partial charge in [0.15, 0.2) is 0 Å². The summed E-state index contributed by atoms with van der Waals surface area (Å²) in [6.45, 7) is 0.325. The largest absolute Gasteiger partial charge is 0.416 e. The molecule has 2 aromatic rings. The molecule has 0 saturated carbocycles. The van der Waals surface area contributed by atoms with E-state index in [1.165, 1.54) is 18.2 Å². The van der Waals surface area contributed by atoms with Crippen LogP contribution in [-0.2, 0) is 19.3 Å². The Balaban J connectivity index is 1.99. The molecule has 2 rings (SSSR count). The lowest BCUT2D eigenvalue weighted by Crippen LogP contribution is -2.16. The first-order valence-corrected chi connectivity index (χ1v) is 6.78. The maximum Gasteiger partial charge on any atom is 0.416 e. The fourth-order valence-electron chi connectivity index (χ4n) is 1.83. The van der Waals surface area contributed by atoms with Crippen LogP contribution in [0.1, 0.15) is 16.0 Å². The number of nitrogens with one attached hydrogen (secondary N) is 1. The van der Waals surface area contributed by atoms with Crippen molar-refractivity contribution in [1.82, 2.24) is 5.32 Å². The molecule has 1 heterocycles. The number of nitrogens with zero attached hydrogens (tertiary/aromatic N) is 1. The molecule has 1 aromatic carbocycles. The quantitative estimate of drug-likeness (QED) is 0.671. The van der Waals surface area contributed by atoms with E-state index >= 15 is 0 Å². The Morgan fingerprint density at radius 2 is 1.86 bits per heavy atom. The maximum atomic E-state index is 12.8. The Bertz CT molecular complexity index is 640. The fourth-order valence-corrected chi connectivity index (χ4v) is 2.62. The third kappa shape index (κ3) is 4.02. The van der Waals surface area contributed by atoms with Crippen LogP contribution in [-0.4, -0.2) is 4.92 Å². The molecule has 8 heteroatoms. The van der Waals surface area contributed by atoms with E-state index in [1.807, 2.05) is 0 Å². The van der Waals surface area contributed by atoms with Crippen LogP contribution in [0.4, 0.5) is 18.2 Å². The predicted molar refractivity (Wildman–Crippen MR) is 73.0 cm³/mol. The van der Waals surface area contributed by atoms with Crippen molar-refractivity contribution in [2.75, 3.05) is 0 Å². The van der Waals surface area contributed by atoms with Crippen molar-refractivity contribution in [3.05, 3.63) is 62.5 Å². The van der Waals surface area contributed by atoms with Gasteiger partial charge in [-0.15, -0.1) is 0 Å². The van der Waals surface area contributed by atoms with Crippen molar-refractivity contribution in [3.8, 4) is 0 Å². The summed E-state index contributed by atoms with van der Waals surface area (Å²) >= 11 is 1.00. The highest BCUT2D eigenvalue weighted by molar-refractivity contribution is 7.15. The van der Waals surface area contributed by atoms with Crippen LogP contribution in [0.15, 0.2) is 36.4 Å². The number of alkyl halides is 3. The zero-order chi connectivity index (χ0) is 15.5. The summed E-state index contributed by atoms with van der Waals surface area (Å²) in [7, 11) is 0. The molecule has 4 nitrogen and oxygen atoms in total. The molecule has 0 atom stereocenters. The van der Waals surface area contributed by atoms with E-state index in [0.717, 1.165) is 17.4 Å². The summed E-state index contributed by atoms with van der Waals surface area (Å²) in [5, 5.41) is 13.4. The van der Waals surface area contributed by atoms with Crippen molar-refractivity contribution < 1.29 is 18.1 Å². The van der Waals surface area contributed by atoms with E-state index in [2.05, 4.69) is 5.32 Å². The van der Waals surface area contributed by atoms with E-state index in [1.54, 1.807) is 12.1 Å². The number of thiophene rings is 1. The maximum absolute atomic E-state index is 12.8. The standard InChI is InChI=1S/C13H11F3N2O2S/c14-13(15,16)11-4-2-1-3-9(11)7-17-8-10-5-6-12(21-10)18(19)20/h1-6,17H,7-8H2. The normalized spacial score (nSPS) is 11.6. The first-order valence-electron chi connectivity index (χ1n) is 5.97. The van der Waals surface area contributed by atoms with Crippen molar-refractivity contribution >= 4 is 16.3 Å². The van der Waals surface area contributed by atoms with Crippen LogP contribution in [0.2, 0.25) is 0 Å². The Morgan fingerprint density at radius 1 is 1.14 bits per heavy atom. The number of hydrogen-bond acceptors (Lipinski definition) is 4. The summed E-state index contributed by atoms with van der Waals surface area (Å²) in [5.41, 5.74) is -0.522. The lowest BCUT2D eigenvalue weighted by molar-refractivity contribution is -0.380. The van der Waals surface area contributed by atoms with Crippen LogP contribution < -0.4 is 5.32 Å². The van der Waals surface area contributed by atoms with Crippen molar-refractivity contribution in [1.29, 1.82) is 0 Å². The average Bonchev–Trinajstić information content (AvgIpc) is 2.87. The number of halogens is 3. The van der Waals surface area contributed by atoms with Crippen LogP contribution >= 0.6 is 11.3 Å². The van der Waals surface area contributed by atoms with E-state index in [4.69, 9.17) is 0 Å². The van der Waals surface area contributed by atoms with E-state index in [9.17, 15) is 23.3 Å². The van der Waals surface area contributed by atoms with Crippen molar-refractivity contribution in [3.63, 3.8) is 0 Å². The van der Waals surface area contributed by atoms with Gasteiger partial charge in [-0.05, 0) is 17.7 Å². The number of hydrogen-bond donors (Lipinski definition) is 1. The SMILES string of the molecule is O=[N+]([O-])c1ccc(CNCc2ccccc2C(F)(F)F)s1. The summed E-state index contributed by atoms with van der Waals surface area (Å²) in [6.07, 6.45) is -4.39. The zero-order valence-corrected chi connectivity index (χ0v) is 11.5. The molecule has 0 amide bonds. The summed E-state index contributed by atoms with van der Waals surface area (Å²) < 4.78 is 38.4. The van der Waals surface area contributed by atoms with E-state index in [-0.39, 0.29) is 23.7 Å². The highest BCUT2D eigenvalue weighted by Gasteiger charge is 2.32. The minimum absolute atomic E-state index is 0.0162. The van der Waals surface area contributed by atoms with Crippen LogP contribution in [0.3, 0.4) is 0 Å². The Morgan fingerprint density at radius 3 is 2.48 bits per heavy atom. The molecular weight excluding hydrogens is 305 g/mol. The Labute approximate surface area is 122 Å². The first kappa shape index (κ1) is 15.5. The molecule has 0 spiro atoms. The predicted octanol–water partition coefficient (Wildman–Crippen LogP) is 3.96. The lowest BCUT2D eigenvalue weighted by Gasteiger charge is -2.12. The lowest BCUT2D eigenvalue weighted by atomic mass is 10.1. The minimum Gasteiger partial charge on any atom is -0.308 e. The minimum atomic E-state index is -4.39. The number of rotatable bonds is 5. The van der Waals surface area contributed by atoms with Gasteiger partial charge in [-0.1, -0.05) is 29.5 Å². The second kappa shape index (κ2) is 6.23. The van der Waals surface area contributed by atoms with Crippen molar-refractivity contribution in [2.45, 2.75) is 19.3 Å². The summed E-state index contributed by atoms with van der Waals surface area (Å²) in [6, 6.07) is 8.30. The van der Waals surface area contributed by atoms with Crippen LogP contribution in [0.5, 0.6) is 0 Å². The highest BCUT2D eigenvalue weighted by Crippen LogP contribution is 2.31. The van der Waals surface area contributed by atoms with Gasteiger partial charge in [-0.25, -0.2) is 0 Å². The molecule has 21 heavy (non-hydrogen) atoms. The molecule has 112 valence electrons. The van der Waals surface area contributed by atoms with Crippen LogP contribution in [0.25, 0.3) is 0 Å². The smallest absolute Gasteiger partial charge is 0.308 e. The van der Waals surface area contributed by atoms with Gasteiger partial charge < -0.3 is 5.32 Å². The van der Waals surface area contributed by atoms with Gasteiger partial charge in [-0.3, -0.25) is 10.1 Å². The van der Waals surface area contributed by atoms with Gasteiger partial charge in [-0.2, -0.15) is 13.2 Å². The third-order valence-corrected chi connectivity index (χ3v) is 3.80. The molecule has 0 aliphatic carbocycles. The summed E-state index contributed by atoms with van der Waals surface area (Å²) in [4.78, 5) is 10.7. The molecule has 1 N–H and O–H groups in total. The Hall–Kier alpha value is -1.93. The summed E-state index contributed by atoms with van der Waals surface area (Å²) in [5.74, 6) is 0. The van der Waals surface area contributed by atoms with Gasteiger partial charge in [0.2, 0.25) is 0 Å². The van der Waals surface area contributed by atoms with Crippen molar-refractivity contribution in [2.24, 2.45) is 0 Å². The average molecular weight is 316 g/mol. The monoisotopic (exact) mass is 316 g/mol. The molecule has 0 saturated heterocycles. The number of nitro groups is 1. The molecule has 1 aromatic heterocycles. The molecular formula is C13H11F3N2O2S. The first-order chi connectivity index (χ1) is 9.88. The molecule has 0 fully saturated rings. The van der Waals surface area contributed by atoms with Gasteiger partial charge in [0.25, 0.3) is 0 Å². The number of benzene rings is 1. The van der Waals surface area contributed by atoms with E-state index in [0.29, 0.717) is 4.88 Å². The Kier molecular flexibility index (Phi) is 4.59. The third-order valence-electron chi connectivity index (χ3n) is 2.76. The van der Waals surface area contributed by atoms with E-state index < -0.39 is 16.7 Å². The van der Waals surface area contributed by atoms with Gasteiger partial charge >= 0.3 is 11.2 Å². The van der Waals surface area contributed by atoms with Gasteiger partial charge in [0.1, 0.15) is 0 Å². The topological polar surface area (TPSA) is 55.2 Å². The molecule has 0 unspecified atom stereocenters. The zero-order valence-electron chi connectivity index (χ0n) is 10.7. The van der Waals surface area contributed by atoms with Gasteiger partial charge in [0, 0.05) is 24.0 Å². The molecule has 0 aliphatic rings. The molecule has 0 aliphatic heterocycles. The highest BCUT2D eigenvalue weighted by atomic mass is 32.1. The molecule has 0 bridgehead atoms. The molecule has 0 radical (unpaired) electrons. The second-order valence-corrected chi connectivity index (χ2v) is 5.40.